The summed E-state index contributed by atoms with van der Waals surface area (Å²) >= 11 is 0. The van der Waals surface area contributed by atoms with Crippen LogP contribution in [0.4, 0.5) is 0 Å². The van der Waals surface area contributed by atoms with E-state index in [0.717, 1.165) is 6.54 Å². The van der Waals surface area contributed by atoms with Gasteiger partial charge < -0.3 is 4.90 Å². The molecule has 100 valence electrons. The molecule has 0 radical (unpaired) electrons. The van der Waals surface area contributed by atoms with Crippen LogP contribution in [-0.4, -0.2) is 18.5 Å². The highest BCUT2D eigenvalue weighted by Crippen LogP contribution is 2.18. The third-order valence-electron chi connectivity index (χ3n) is 3.82. The van der Waals surface area contributed by atoms with Gasteiger partial charge in [-0.1, -0.05) is 54.6 Å². The van der Waals surface area contributed by atoms with E-state index in [1.165, 1.54) is 27.6 Å². The number of benzene rings is 2. The highest BCUT2D eigenvalue weighted by atomic mass is 15.1. The van der Waals surface area contributed by atoms with Crippen molar-refractivity contribution in [3.8, 4) is 0 Å². The van der Waals surface area contributed by atoms with Crippen LogP contribution in [0.3, 0.4) is 0 Å². The van der Waals surface area contributed by atoms with Crippen molar-refractivity contribution in [1.82, 2.24) is 4.90 Å². The van der Waals surface area contributed by atoms with E-state index in [4.69, 9.17) is 0 Å². The SMILES string of the molecule is CC1=CC(/C=C/c2ccc3ccccc3c2)=CCN1C. The van der Waals surface area contributed by atoms with Crippen molar-refractivity contribution in [2.75, 3.05) is 13.6 Å². The summed E-state index contributed by atoms with van der Waals surface area (Å²) in [6.45, 7) is 3.14. The smallest absolute Gasteiger partial charge is 0.0362 e. The van der Waals surface area contributed by atoms with Crippen molar-refractivity contribution in [2.24, 2.45) is 0 Å². The molecule has 1 heteroatoms. The van der Waals surface area contributed by atoms with Crippen molar-refractivity contribution >= 4 is 16.8 Å². The maximum atomic E-state index is 2.25. The van der Waals surface area contributed by atoms with Crippen LogP contribution in [0, 0.1) is 0 Å². The predicted molar refractivity (Wildman–Crippen MR) is 87.5 cm³/mol. The van der Waals surface area contributed by atoms with Crippen molar-refractivity contribution in [3.05, 3.63) is 77.5 Å². The molecule has 3 rings (SSSR count). The average molecular weight is 261 g/mol. The maximum absolute atomic E-state index is 2.25. The number of allylic oxidation sites excluding steroid dienone is 4. The first kappa shape index (κ1) is 12.7. The normalized spacial score (nSPS) is 15.6. The quantitative estimate of drug-likeness (QED) is 0.762. The van der Waals surface area contributed by atoms with E-state index in [1.54, 1.807) is 0 Å². The highest BCUT2D eigenvalue weighted by Gasteiger charge is 2.03. The van der Waals surface area contributed by atoms with Gasteiger partial charge in [-0.15, -0.1) is 0 Å². The van der Waals surface area contributed by atoms with E-state index < -0.39 is 0 Å². The summed E-state index contributed by atoms with van der Waals surface area (Å²) in [5.41, 5.74) is 3.84. The Hall–Kier alpha value is -2.28. The Morgan fingerprint density at radius 1 is 1.00 bits per heavy atom. The van der Waals surface area contributed by atoms with Gasteiger partial charge in [0.05, 0.1) is 0 Å². The Bertz CT molecular complexity index is 719. The Balaban J connectivity index is 1.84. The van der Waals surface area contributed by atoms with Gasteiger partial charge in [-0.3, -0.25) is 0 Å². The van der Waals surface area contributed by atoms with E-state index in [-0.39, 0.29) is 0 Å². The number of fused-ring (bicyclic) bond motifs is 1. The number of hydrogen-bond acceptors (Lipinski definition) is 1. The maximum Gasteiger partial charge on any atom is 0.0362 e. The second-order valence-electron chi connectivity index (χ2n) is 5.31. The molecule has 1 aliphatic rings. The molecule has 0 saturated heterocycles. The molecule has 0 amide bonds. The van der Waals surface area contributed by atoms with Crippen molar-refractivity contribution < 1.29 is 0 Å². The van der Waals surface area contributed by atoms with Gasteiger partial charge in [0, 0.05) is 19.3 Å². The summed E-state index contributed by atoms with van der Waals surface area (Å²) in [5, 5.41) is 2.58. The molecule has 20 heavy (non-hydrogen) atoms. The first-order chi connectivity index (χ1) is 9.72. The number of hydrogen-bond donors (Lipinski definition) is 0. The predicted octanol–water partition coefficient (Wildman–Crippen LogP) is 4.63. The van der Waals surface area contributed by atoms with Crippen LogP contribution < -0.4 is 0 Å². The van der Waals surface area contributed by atoms with Gasteiger partial charge in [0.15, 0.2) is 0 Å². The van der Waals surface area contributed by atoms with Crippen LogP contribution in [0.15, 0.2) is 72.0 Å². The molecule has 1 nitrogen and oxygen atoms in total. The van der Waals surface area contributed by atoms with E-state index in [9.17, 15) is 0 Å². The second kappa shape index (κ2) is 5.38. The van der Waals surface area contributed by atoms with Gasteiger partial charge in [-0.05, 0) is 41.0 Å². The molecule has 0 atom stereocenters. The fourth-order valence-corrected chi connectivity index (χ4v) is 2.42. The summed E-state index contributed by atoms with van der Waals surface area (Å²) in [4.78, 5) is 2.24. The van der Waals surface area contributed by atoms with E-state index in [2.05, 4.69) is 85.6 Å². The monoisotopic (exact) mass is 261 g/mol. The summed E-state index contributed by atoms with van der Waals surface area (Å²) < 4.78 is 0. The van der Waals surface area contributed by atoms with Crippen molar-refractivity contribution in [3.63, 3.8) is 0 Å². The van der Waals surface area contributed by atoms with E-state index in [0.29, 0.717) is 0 Å². The summed E-state index contributed by atoms with van der Waals surface area (Å²) in [6.07, 6.45) is 8.86. The average Bonchev–Trinajstić information content (AvgIpc) is 2.48. The lowest BCUT2D eigenvalue weighted by molar-refractivity contribution is 0.459. The van der Waals surface area contributed by atoms with Crippen LogP contribution >= 0.6 is 0 Å². The standard InChI is InChI=1S/C19H19N/c1-15-13-17(11-12-20(15)2)8-7-16-9-10-18-5-3-4-6-19(18)14-16/h3-11,13-14H,12H2,1-2H3/b8-7+. The molecular weight excluding hydrogens is 242 g/mol. The molecule has 1 aliphatic heterocycles. The fraction of sp³-hybridized carbons (Fsp3) is 0.158. The first-order valence-corrected chi connectivity index (χ1v) is 6.99. The lowest BCUT2D eigenvalue weighted by atomic mass is 10.0. The molecule has 0 spiro atoms. The third kappa shape index (κ3) is 2.67. The van der Waals surface area contributed by atoms with Crippen molar-refractivity contribution in [2.45, 2.75) is 6.92 Å². The topological polar surface area (TPSA) is 3.24 Å². The minimum absolute atomic E-state index is 0.986. The lowest BCUT2D eigenvalue weighted by Gasteiger charge is -2.22. The Labute approximate surface area is 120 Å². The largest absolute Gasteiger partial charge is 0.374 e. The molecular formula is C19H19N. The zero-order valence-corrected chi connectivity index (χ0v) is 12.0. The highest BCUT2D eigenvalue weighted by molar-refractivity contribution is 5.84. The van der Waals surface area contributed by atoms with E-state index >= 15 is 0 Å². The van der Waals surface area contributed by atoms with Gasteiger partial charge in [-0.25, -0.2) is 0 Å². The second-order valence-corrected chi connectivity index (χ2v) is 5.31. The summed E-state index contributed by atoms with van der Waals surface area (Å²) in [7, 11) is 2.12. The molecule has 0 aliphatic carbocycles. The molecule has 1 heterocycles. The Morgan fingerprint density at radius 3 is 2.60 bits per heavy atom. The molecule has 0 saturated carbocycles. The zero-order chi connectivity index (χ0) is 13.9. The van der Waals surface area contributed by atoms with Gasteiger partial charge in [0.1, 0.15) is 0 Å². The molecule has 0 N–H and O–H groups in total. The van der Waals surface area contributed by atoms with Crippen molar-refractivity contribution in [1.29, 1.82) is 0 Å². The summed E-state index contributed by atoms with van der Waals surface area (Å²) in [6, 6.07) is 15.1. The van der Waals surface area contributed by atoms with Gasteiger partial charge in [-0.2, -0.15) is 0 Å². The molecule has 0 unspecified atom stereocenters. The van der Waals surface area contributed by atoms with Crippen LogP contribution in [0.25, 0.3) is 16.8 Å². The molecule has 0 bridgehead atoms. The molecule has 2 aromatic rings. The minimum atomic E-state index is 0.986. The summed E-state index contributed by atoms with van der Waals surface area (Å²) in [5.74, 6) is 0. The first-order valence-electron chi connectivity index (χ1n) is 6.99. The lowest BCUT2D eigenvalue weighted by Crippen LogP contribution is -2.18. The number of likely N-dealkylation sites (N-methyl/N-ethyl adjacent to an activating group) is 1. The molecule has 0 fully saturated rings. The Kier molecular flexibility index (Phi) is 3.42. The number of rotatable bonds is 2. The van der Waals surface area contributed by atoms with Crippen LogP contribution in [0.5, 0.6) is 0 Å². The van der Waals surface area contributed by atoms with Gasteiger partial charge >= 0.3 is 0 Å². The molecule has 2 aromatic carbocycles. The Morgan fingerprint density at radius 2 is 1.80 bits per heavy atom. The minimum Gasteiger partial charge on any atom is -0.374 e. The van der Waals surface area contributed by atoms with Crippen LogP contribution in [0.2, 0.25) is 0 Å². The number of nitrogens with zero attached hydrogens (tertiary/aromatic N) is 1. The van der Waals surface area contributed by atoms with Gasteiger partial charge in [0.2, 0.25) is 0 Å². The third-order valence-corrected chi connectivity index (χ3v) is 3.82. The molecule has 0 aromatic heterocycles. The fourth-order valence-electron chi connectivity index (χ4n) is 2.42. The van der Waals surface area contributed by atoms with Gasteiger partial charge in [0.25, 0.3) is 0 Å². The van der Waals surface area contributed by atoms with Crippen LogP contribution in [-0.2, 0) is 0 Å². The van der Waals surface area contributed by atoms with E-state index in [1.807, 2.05) is 0 Å². The zero-order valence-electron chi connectivity index (χ0n) is 12.0. The van der Waals surface area contributed by atoms with Crippen LogP contribution in [0.1, 0.15) is 12.5 Å².